The van der Waals surface area contributed by atoms with Crippen molar-refractivity contribution in [2.75, 3.05) is 5.73 Å². The zero-order valence-electron chi connectivity index (χ0n) is 10.8. The van der Waals surface area contributed by atoms with Crippen LogP contribution < -0.4 is 5.73 Å². The van der Waals surface area contributed by atoms with E-state index in [9.17, 15) is 0 Å². The van der Waals surface area contributed by atoms with Gasteiger partial charge in [0, 0.05) is 9.75 Å². The van der Waals surface area contributed by atoms with E-state index in [0.717, 1.165) is 17.6 Å². The van der Waals surface area contributed by atoms with Crippen LogP contribution in [0.15, 0.2) is 24.3 Å². The number of hydrogen-bond acceptors (Lipinski definition) is 3. The van der Waals surface area contributed by atoms with Crippen molar-refractivity contribution in [2.24, 2.45) is 0 Å². The third kappa shape index (κ3) is 2.11. The van der Waals surface area contributed by atoms with Crippen LogP contribution in [-0.2, 0) is 6.54 Å². The van der Waals surface area contributed by atoms with Crippen molar-refractivity contribution in [1.29, 1.82) is 0 Å². The normalized spacial score (nSPS) is 11.3. The Morgan fingerprint density at radius 3 is 2.84 bits per heavy atom. The maximum absolute atomic E-state index is 6.15. The molecule has 0 aliphatic rings. The molecule has 0 bridgehead atoms. The van der Waals surface area contributed by atoms with Gasteiger partial charge >= 0.3 is 0 Å². The lowest BCUT2D eigenvalue weighted by atomic mass is 10.3. The summed E-state index contributed by atoms with van der Waals surface area (Å²) in [6.45, 7) is 5.00. The van der Waals surface area contributed by atoms with Crippen LogP contribution in [0.3, 0.4) is 0 Å². The largest absolute Gasteiger partial charge is 0.369 e. The van der Waals surface area contributed by atoms with Crippen molar-refractivity contribution in [3.05, 3.63) is 44.6 Å². The molecule has 3 nitrogen and oxygen atoms in total. The summed E-state index contributed by atoms with van der Waals surface area (Å²) in [5.41, 5.74) is 9.08. The molecule has 0 saturated heterocycles. The van der Waals surface area contributed by atoms with E-state index in [4.69, 9.17) is 17.3 Å². The number of fused-ring (bicyclic) bond motifs is 1. The topological polar surface area (TPSA) is 43.8 Å². The highest BCUT2D eigenvalue weighted by Crippen LogP contribution is 2.28. The minimum atomic E-state index is 0.506. The molecule has 3 rings (SSSR count). The first-order valence-electron chi connectivity index (χ1n) is 6.02. The highest BCUT2D eigenvalue weighted by molar-refractivity contribution is 7.12. The number of thiophene rings is 1. The highest BCUT2D eigenvalue weighted by atomic mass is 35.5. The van der Waals surface area contributed by atoms with Crippen molar-refractivity contribution in [3.8, 4) is 0 Å². The molecule has 0 aliphatic heterocycles. The number of anilines is 1. The van der Waals surface area contributed by atoms with Gasteiger partial charge in [0.15, 0.2) is 0 Å². The smallest absolute Gasteiger partial charge is 0.201 e. The van der Waals surface area contributed by atoms with Crippen molar-refractivity contribution < 1.29 is 0 Å². The predicted molar refractivity (Wildman–Crippen MR) is 82.1 cm³/mol. The van der Waals surface area contributed by atoms with Crippen molar-refractivity contribution in [3.63, 3.8) is 0 Å². The van der Waals surface area contributed by atoms with Crippen LogP contribution in [-0.4, -0.2) is 9.55 Å². The first kappa shape index (κ1) is 12.5. The fourth-order valence-electron chi connectivity index (χ4n) is 2.18. The monoisotopic (exact) mass is 291 g/mol. The average Bonchev–Trinajstić information content (AvgIpc) is 2.84. The van der Waals surface area contributed by atoms with Gasteiger partial charge in [-0.2, -0.15) is 0 Å². The van der Waals surface area contributed by atoms with Gasteiger partial charge in [-0.15, -0.1) is 11.3 Å². The van der Waals surface area contributed by atoms with E-state index in [2.05, 4.69) is 24.9 Å². The zero-order valence-corrected chi connectivity index (χ0v) is 12.3. The molecule has 2 N–H and O–H groups in total. The Bertz CT molecular complexity index is 738. The Morgan fingerprint density at radius 2 is 2.16 bits per heavy atom. The second-order valence-corrected chi connectivity index (χ2v) is 6.36. The number of aromatic nitrogens is 2. The van der Waals surface area contributed by atoms with Crippen LogP contribution in [0.1, 0.15) is 15.3 Å². The summed E-state index contributed by atoms with van der Waals surface area (Å²) >= 11 is 7.94. The van der Waals surface area contributed by atoms with E-state index in [1.54, 1.807) is 11.3 Å². The molecule has 5 heteroatoms. The van der Waals surface area contributed by atoms with Crippen LogP contribution in [0, 0.1) is 13.8 Å². The molecule has 0 spiro atoms. The van der Waals surface area contributed by atoms with E-state index in [1.165, 1.54) is 15.3 Å². The molecule has 0 radical (unpaired) electrons. The Kier molecular flexibility index (Phi) is 2.99. The van der Waals surface area contributed by atoms with Crippen molar-refractivity contribution >= 4 is 39.9 Å². The highest BCUT2D eigenvalue weighted by Gasteiger charge is 2.12. The van der Waals surface area contributed by atoms with Crippen molar-refractivity contribution in [1.82, 2.24) is 9.55 Å². The summed E-state index contributed by atoms with van der Waals surface area (Å²) in [5, 5.41) is 0.640. The second-order valence-electron chi connectivity index (χ2n) is 4.62. The summed E-state index contributed by atoms with van der Waals surface area (Å²) in [6.07, 6.45) is 0. The molecule has 3 aromatic rings. The number of hydrogen-bond donors (Lipinski definition) is 1. The number of benzene rings is 1. The molecule has 98 valence electrons. The van der Waals surface area contributed by atoms with Gasteiger partial charge in [0.25, 0.3) is 0 Å². The molecule has 0 saturated carbocycles. The molecule has 0 unspecified atom stereocenters. The maximum atomic E-state index is 6.15. The molecule has 19 heavy (non-hydrogen) atoms. The van der Waals surface area contributed by atoms with Gasteiger partial charge in [-0.05, 0) is 37.6 Å². The molecule has 1 aromatic carbocycles. The van der Waals surface area contributed by atoms with E-state index in [0.29, 0.717) is 11.0 Å². The molecule has 0 fully saturated rings. The molecule has 0 atom stereocenters. The van der Waals surface area contributed by atoms with Crippen LogP contribution >= 0.6 is 22.9 Å². The fraction of sp³-hybridized carbons (Fsp3) is 0.214. The standard InChI is InChI=1S/C14H14ClN3S/c1-8-6-10(19-9(8)2)7-18-12-5-3-4-11(15)13(12)17-14(18)16/h3-6H,7H2,1-2H3,(H2,16,17). The number of rotatable bonds is 2. The molecule has 2 heterocycles. The maximum Gasteiger partial charge on any atom is 0.201 e. The fourth-order valence-corrected chi connectivity index (χ4v) is 3.43. The van der Waals surface area contributed by atoms with E-state index in [-0.39, 0.29) is 0 Å². The van der Waals surface area contributed by atoms with E-state index < -0.39 is 0 Å². The summed E-state index contributed by atoms with van der Waals surface area (Å²) in [6, 6.07) is 7.96. The third-order valence-corrected chi connectivity index (χ3v) is 4.73. The number of halogens is 1. The molecule has 0 amide bonds. The first-order valence-corrected chi connectivity index (χ1v) is 7.22. The molecule has 2 aromatic heterocycles. The summed E-state index contributed by atoms with van der Waals surface area (Å²) in [7, 11) is 0. The van der Waals surface area contributed by atoms with Crippen LogP contribution in [0.4, 0.5) is 5.95 Å². The SMILES string of the molecule is Cc1cc(Cn2c(N)nc3c(Cl)cccc32)sc1C. The van der Waals surface area contributed by atoms with Crippen LogP contribution in [0.2, 0.25) is 5.02 Å². The Labute approximate surface area is 120 Å². The molecule has 0 aliphatic carbocycles. The number of nitrogens with two attached hydrogens (primary N) is 1. The Balaban J connectivity index is 2.10. The number of aryl methyl sites for hydroxylation is 2. The molecular weight excluding hydrogens is 278 g/mol. The Morgan fingerprint density at radius 1 is 1.37 bits per heavy atom. The first-order chi connectivity index (χ1) is 9.06. The lowest BCUT2D eigenvalue weighted by Gasteiger charge is -2.04. The lowest BCUT2D eigenvalue weighted by molar-refractivity contribution is 0.852. The lowest BCUT2D eigenvalue weighted by Crippen LogP contribution is -2.03. The zero-order chi connectivity index (χ0) is 13.6. The minimum absolute atomic E-state index is 0.506. The predicted octanol–water partition coefficient (Wildman–Crippen LogP) is 4.00. The molecular formula is C14H14ClN3S. The van der Waals surface area contributed by atoms with Gasteiger partial charge < -0.3 is 10.3 Å². The summed E-state index contributed by atoms with van der Waals surface area (Å²) in [4.78, 5) is 6.97. The van der Waals surface area contributed by atoms with Gasteiger partial charge in [0.2, 0.25) is 5.95 Å². The van der Waals surface area contributed by atoms with Gasteiger partial charge in [0.1, 0.15) is 5.52 Å². The third-order valence-electron chi connectivity index (χ3n) is 3.29. The number of nitrogens with zero attached hydrogens (tertiary/aromatic N) is 2. The van der Waals surface area contributed by atoms with E-state index in [1.807, 2.05) is 22.8 Å². The van der Waals surface area contributed by atoms with Crippen molar-refractivity contribution in [2.45, 2.75) is 20.4 Å². The average molecular weight is 292 g/mol. The minimum Gasteiger partial charge on any atom is -0.369 e. The number of para-hydroxylation sites is 1. The number of imidazole rings is 1. The van der Waals surface area contributed by atoms with Gasteiger partial charge in [-0.1, -0.05) is 17.7 Å². The van der Waals surface area contributed by atoms with Crippen LogP contribution in [0.5, 0.6) is 0 Å². The quantitative estimate of drug-likeness (QED) is 0.775. The van der Waals surface area contributed by atoms with Gasteiger partial charge in [0.05, 0.1) is 17.1 Å². The van der Waals surface area contributed by atoms with Gasteiger partial charge in [-0.3, -0.25) is 0 Å². The van der Waals surface area contributed by atoms with Gasteiger partial charge in [-0.25, -0.2) is 4.98 Å². The number of nitrogen functional groups attached to an aromatic ring is 1. The Hall–Kier alpha value is -1.52. The second kappa shape index (κ2) is 4.54. The van der Waals surface area contributed by atoms with E-state index >= 15 is 0 Å². The van der Waals surface area contributed by atoms with Crippen LogP contribution in [0.25, 0.3) is 11.0 Å². The summed E-state index contributed by atoms with van der Waals surface area (Å²) < 4.78 is 2.01. The summed E-state index contributed by atoms with van der Waals surface area (Å²) in [5.74, 6) is 0.506.